The largest absolute Gasteiger partial charge is 0.344 e. The van der Waals surface area contributed by atoms with Crippen LogP contribution in [0.2, 0.25) is 0 Å². The molecule has 1 amide bonds. The van der Waals surface area contributed by atoms with Gasteiger partial charge in [-0.15, -0.1) is 0 Å². The van der Waals surface area contributed by atoms with Crippen LogP contribution in [0.15, 0.2) is 47.5 Å². The second kappa shape index (κ2) is 6.93. The van der Waals surface area contributed by atoms with E-state index in [0.717, 1.165) is 23.2 Å². The molecule has 0 unspecified atom stereocenters. The van der Waals surface area contributed by atoms with Gasteiger partial charge in [0.1, 0.15) is 6.54 Å². The van der Waals surface area contributed by atoms with E-state index < -0.39 is 0 Å². The average molecular weight is 338 g/mol. The van der Waals surface area contributed by atoms with E-state index in [4.69, 9.17) is 0 Å². The number of aryl methyl sites for hydroxylation is 2. The molecule has 2 heterocycles. The van der Waals surface area contributed by atoms with Gasteiger partial charge in [0, 0.05) is 44.0 Å². The minimum Gasteiger partial charge on any atom is -0.344 e. The molecule has 2 aromatic heterocycles. The molecule has 0 atom stereocenters. The molecule has 1 aromatic carbocycles. The number of carbonyl (C=O) groups is 1. The fraction of sp³-hybridized carbons (Fsp3) is 0.316. The van der Waals surface area contributed by atoms with Crippen molar-refractivity contribution >= 4 is 16.8 Å². The first-order chi connectivity index (χ1) is 12.0. The van der Waals surface area contributed by atoms with E-state index in [2.05, 4.69) is 5.10 Å². The Labute approximate surface area is 146 Å². The third-order valence-corrected chi connectivity index (χ3v) is 4.44. The summed E-state index contributed by atoms with van der Waals surface area (Å²) in [5.41, 5.74) is 2.67. The summed E-state index contributed by atoms with van der Waals surface area (Å²) >= 11 is 0. The van der Waals surface area contributed by atoms with E-state index in [9.17, 15) is 9.59 Å². The predicted octanol–water partition coefficient (Wildman–Crippen LogP) is 1.74. The van der Waals surface area contributed by atoms with Crippen LogP contribution in [0.5, 0.6) is 0 Å². The van der Waals surface area contributed by atoms with Crippen LogP contribution in [0, 0.1) is 6.92 Å². The molecule has 3 aromatic rings. The first kappa shape index (κ1) is 17.0. The van der Waals surface area contributed by atoms with Gasteiger partial charge in [-0.3, -0.25) is 14.3 Å². The lowest BCUT2D eigenvalue weighted by Gasteiger charge is -2.20. The molecule has 0 saturated carbocycles. The molecule has 0 aliphatic carbocycles. The van der Waals surface area contributed by atoms with Crippen LogP contribution in [-0.4, -0.2) is 38.7 Å². The first-order valence-electron chi connectivity index (χ1n) is 8.26. The molecule has 0 spiro atoms. The van der Waals surface area contributed by atoms with Crippen molar-refractivity contribution in [3.8, 4) is 0 Å². The topological polar surface area (TPSA) is 60.1 Å². The summed E-state index contributed by atoms with van der Waals surface area (Å²) in [4.78, 5) is 26.5. The summed E-state index contributed by atoms with van der Waals surface area (Å²) in [7, 11) is 3.68. The van der Waals surface area contributed by atoms with Crippen LogP contribution in [0.3, 0.4) is 0 Å². The summed E-state index contributed by atoms with van der Waals surface area (Å²) in [6.07, 6.45) is 4.54. The van der Waals surface area contributed by atoms with Gasteiger partial charge in [0.25, 0.3) is 0 Å². The Bertz CT molecular complexity index is 971. The fourth-order valence-corrected chi connectivity index (χ4v) is 2.94. The van der Waals surface area contributed by atoms with Crippen molar-refractivity contribution in [3.05, 3.63) is 64.2 Å². The number of hydrogen-bond donors (Lipinski definition) is 0. The number of hydrogen-bond acceptors (Lipinski definition) is 3. The molecule has 0 bridgehead atoms. The lowest BCUT2D eigenvalue weighted by molar-refractivity contribution is -0.130. The van der Waals surface area contributed by atoms with Gasteiger partial charge < -0.3 is 9.47 Å². The van der Waals surface area contributed by atoms with Crippen LogP contribution < -0.4 is 5.43 Å². The minimum absolute atomic E-state index is 0.0123. The van der Waals surface area contributed by atoms with Crippen LogP contribution in [-0.2, 0) is 24.8 Å². The Balaban J connectivity index is 1.76. The number of carbonyl (C=O) groups excluding carboxylic acids is 1. The molecular formula is C19H22N4O2. The third kappa shape index (κ3) is 3.63. The van der Waals surface area contributed by atoms with Gasteiger partial charge in [-0.25, -0.2) is 0 Å². The third-order valence-electron chi connectivity index (χ3n) is 4.44. The second-order valence-corrected chi connectivity index (χ2v) is 6.34. The van der Waals surface area contributed by atoms with Gasteiger partial charge in [0.2, 0.25) is 5.91 Å². The molecule has 130 valence electrons. The molecule has 0 saturated heterocycles. The van der Waals surface area contributed by atoms with Gasteiger partial charge in [-0.2, -0.15) is 5.10 Å². The maximum absolute atomic E-state index is 12.6. The zero-order valence-electron chi connectivity index (χ0n) is 14.8. The van der Waals surface area contributed by atoms with Crippen molar-refractivity contribution in [2.45, 2.75) is 19.9 Å². The number of rotatable bonds is 5. The molecule has 6 nitrogen and oxygen atoms in total. The van der Waals surface area contributed by atoms with E-state index in [0.29, 0.717) is 11.9 Å². The smallest absolute Gasteiger partial charge is 0.242 e. The molecule has 3 rings (SSSR count). The highest BCUT2D eigenvalue weighted by Crippen LogP contribution is 2.13. The maximum Gasteiger partial charge on any atom is 0.242 e. The van der Waals surface area contributed by atoms with E-state index in [1.807, 2.05) is 49.1 Å². The normalized spacial score (nSPS) is 11.0. The Morgan fingerprint density at radius 2 is 2.04 bits per heavy atom. The van der Waals surface area contributed by atoms with Crippen molar-refractivity contribution in [3.63, 3.8) is 0 Å². The molecule has 6 heteroatoms. The summed E-state index contributed by atoms with van der Waals surface area (Å²) in [6.45, 7) is 2.70. The standard InChI is InChI=1S/C19H22N4O2/c1-14-10-18(24)16-6-4-5-7-17(16)23(14)13-19(25)21(2)9-8-15-11-20-22(3)12-15/h4-7,10-12H,8-9,13H2,1-3H3. The highest BCUT2D eigenvalue weighted by Gasteiger charge is 2.13. The summed E-state index contributed by atoms with van der Waals surface area (Å²) in [6, 6.07) is 8.99. The highest BCUT2D eigenvalue weighted by atomic mass is 16.2. The van der Waals surface area contributed by atoms with Crippen molar-refractivity contribution in [1.82, 2.24) is 19.2 Å². The zero-order chi connectivity index (χ0) is 18.0. The van der Waals surface area contributed by atoms with Gasteiger partial charge in [0.05, 0.1) is 11.7 Å². The van der Waals surface area contributed by atoms with E-state index in [1.165, 1.54) is 0 Å². The Morgan fingerprint density at radius 3 is 2.76 bits per heavy atom. The Hall–Kier alpha value is -2.89. The van der Waals surface area contributed by atoms with Crippen molar-refractivity contribution in [1.29, 1.82) is 0 Å². The molecule has 0 N–H and O–H groups in total. The van der Waals surface area contributed by atoms with E-state index in [-0.39, 0.29) is 17.9 Å². The number of fused-ring (bicyclic) bond motifs is 1. The van der Waals surface area contributed by atoms with E-state index >= 15 is 0 Å². The second-order valence-electron chi connectivity index (χ2n) is 6.34. The van der Waals surface area contributed by atoms with Crippen molar-refractivity contribution < 1.29 is 4.79 Å². The first-order valence-corrected chi connectivity index (χ1v) is 8.26. The number of aromatic nitrogens is 3. The van der Waals surface area contributed by atoms with Gasteiger partial charge in [0.15, 0.2) is 5.43 Å². The zero-order valence-corrected chi connectivity index (χ0v) is 14.8. The monoisotopic (exact) mass is 338 g/mol. The maximum atomic E-state index is 12.6. The fourth-order valence-electron chi connectivity index (χ4n) is 2.94. The van der Waals surface area contributed by atoms with Gasteiger partial charge >= 0.3 is 0 Å². The number of amides is 1. The number of benzene rings is 1. The van der Waals surface area contributed by atoms with Crippen molar-refractivity contribution in [2.24, 2.45) is 7.05 Å². The summed E-state index contributed by atoms with van der Waals surface area (Å²) in [5, 5.41) is 4.78. The van der Waals surface area contributed by atoms with Gasteiger partial charge in [-0.1, -0.05) is 12.1 Å². The summed E-state index contributed by atoms with van der Waals surface area (Å²) in [5.74, 6) is 0.0146. The SMILES string of the molecule is Cc1cc(=O)c2ccccc2n1CC(=O)N(C)CCc1cnn(C)c1. The predicted molar refractivity (Wildman–Crippen MR) is 97.5 cm³/mol. The number of likely N-dealkylation sites (N-methyl/N-ethyl adjacent to an activating group) is 1. The Morgan fingerprint density at radius 1 is 1.28 bits per heavy atom. The molecular weight excluding hydrogens is 316 g/mol. The number of para-hydroxylation sites is 1. The van der Waals surface area contributed by atoms with Crippen LogP contribution >= 0.6 is 0 Å². The average Bonchev–Trinajstić information content (AvgIpc) is 3.01. The lowest BCUT2D eigenvalue weighted by atomic mass is 10.2. The molecule has 25 heavy (non-hydrogen) atoms. The van der Waals surface area contributed by atoms with E-state index in [1.54, 1.807) is 28.8 Å². The molecule has 0 aliphatic heterocycles. The molecule has 0 radical (unpaired) electrons. The summed E-state index contributed by atoms with van der Waals surface area (Å²) < 4.78 is 3.66. The van der Waals surface area contributed by atoms with Crippen LogP contribution in [0.25, 0.3) is 10.9 Å². The van der Waals surface area contributed by atoms with Crippen LogP contribution in [0.1, 0.15) is 11.3 Å². The molecule has 0 fully saturated rings. The number of pyridine rings is 1. The lowest BCUT2D eigenvalue weighted by Crippen LogP contribution is -2.32. The van der Waals surface area contributed by atoms with Crippen molar-refractivity contribution in [2.75, 3.05) is 13.6 Å². The van der Waals surface area contributed by atoms with Gasteiger partial charge in [-0.05, 0) is 31.0 Å². The van der Waals surface area contributed by atoms with Crippen LogP contribution in [0.4, 0.5) is 0 Å². The number of nitrogens with zero attached hydrogens (tertiary/aromatic N) is 4. The quantitative estimate of drug-likeness (QED) is 0.712. The molecule has 0 aliphatic rings. The highest BCUT2D eigenvalue weighted by molar-refractivity contribution is 5.82. The minimum atomic E-state index is -0.0123. The Kier molecular flexibility index (Phi) is 4.70.